The highest BCUT2D eigenvalue weighted by Crippen LogP contribution is 2.34. The van der Waals surface area contributed by atoms with Gasteiger partial charge in [0.05, 0.1) is 18.4 Å². The van der Waals surface area contributed by atoms with E-state index in [1.165, 1.54) is 31.4 Å². The van der Waals surface area contributed by atoms with Gasteiger partial charge in [0.25, 0.3) is 0 Å². The van der Waals surface area contributed by atoms with E-state index in [4.69, 9.17) is 9.47 Å². The van der Waals surface area contributed by atoms with E-state index in [-0.39, 0.29) is 27.5 Å². The molecule has 0 heterocycles. The summed E-state index contributed by atoms with van der Waals surface area (Å²) in [5.74, 6) is -1.81. The summed E-state index contributed by atoms with van der Waals surface area (Å²) in [5.41, 5.74) is 0.690. The summed E-state index contributed by atoms with van der Waals surface area (Å²) in [7, 11) is -2.59. The van der Waals surface area contributed by atoms with E-state index < -0.39 is 33.2 Å². The molecular weight excluding hydrogens is 500 g/mol. The molecule has 1 N–H and O–H groups in total. The predicted octanol–water partition coefficient (Wildman–Crippen LogP) is 6.07. The molecule has 3 aromatic carbocycles. The fourth-order valence-corrected chi connectivity index (χ4v) is 5.36. The van der Waals surface area contributed by atoms with Crippen molar-refractivity contribution in [2.24, 2.45) is 0 Å². The molecule has 0 aromatic heterocycles. The number of halogens is 2. The van der Waals surface area contributed by atoms with Gasteiger partial charge in [0.15, 0.2) is 9.84 Å². The van der Waals surface area contributed by atoms with Crippen molar-refractivity contribution in [3.63, 3.8) is 0 Å². The summed E-state index contributed by atoms with van der Waals surface area (Å²) >= 11 is 0. The maximum absolute atomic E-state index is 14.3. The number of sulfone groups is 1. The average Bonchev–Trinajstić information content (AvgIpc) is 2.80. The Morgan fingerprint density at radius 3 is 2.24 bits per heavy atom. The van der Waals surface area contributed by atoms with Gasteiger partial charge in [0.2, 0.25) is 0 Å². The lowest BCUT2D eigenvalue weighted by molar-refractivity contribution is 0.0527. The molecule has 0 bridgehead atoms. The highest BCUT2D eigenvalue weighted by Gasteiger charge is 2.23. The summed E-state index contributed by atoms with van der Waals surface area (Å²) in [5, 5.41) is 2.70. The Hall–Kier alpha value is -3.46. The van der Waals surface area contributed by atoms with Crippen LogP contribution in [0.1, 0.15) is 38.3 Å². The number of amides is 1. The van der Waals surface area contributed by atoms with Gasteiger partial charge in [-0.1, -0.05) is 36.4 Å². The van der Waals surface area contributed by atoms with Crippen LogP contribution < -0.4 is 10.1 Å². The standard InChI is InChI=1S/C28H31F2NO5S/c1-28(2,3)36-27(32)31-15-7-10-19-8-5-9-20(16-19)18-37(33,34)25-17-21(13-14-24(25)35-4)26-22(29)11-6-12-23(26)30/h5-6,8-9,11-14,16-17H,7,10,15,18H2,1-4H3,(H,31,32). The Balaban J connectivity index is 1.75. The number of hydrogen-bond donors (Lipinski definition) is 1. The third-order valence-corrected chi connectivity index (χ3v) is 7.11. The van der Waals surface area contributed by atoms with Crippen LogP contribution in [0.2, 0.25) is 0 Å². The first kappa shape index (κ1) is 28.1. The monoisotopic (exact) mass is 531 g/mol. The normalized spacial score (nSPS) is 11.7. The lowest BCUT2D eigenvalue weighted by Gasteiger charge is -2.19. The minimum absolute atomic E-state index is 0.0878. The fourth-order valence-electron chi connectivity index (χ4n) is 3.82. The van der Waals surface area contributed by atoms with Crippen molar-refractivity contribution in [2.75, 3.05) is 13.7 Å². The Kier molecular flexibility index (Phi) is 8.91. The van der Waals surface area contributed by atoms with Crippen LogP contribution in [0, 0.1) is 11.6 Å². The molecule has 0 fully saturated rings. The second kappa shape index (κ2) is 11.7. The Morgan fingerprint density at radius 2 is 1.59 bits per heavy atom. The summed E-state index contributed by atoms with van der Waals surface area (Å²) in [6.07, 6.45) is 0.771. The van der Waals surface area contributed by atoms with Gasteiger partial charge in [-0.15, -0.1) is 0 Å². The largest absolute Gasteiger partial charge is 0.495 e. The van der Waals surface area contributed by atoms with Crippen molar-refractivity contribution in [2.45, 2.75) is 49.9 Å². The molecule has 37 heavy (non-hydrogen) atoms. The third-order valence-electron chi connectivity index (χ3n) is 5.41. The van der Waals surface area contributed by atoms with Crippen molar-refractivity contribution in [3.8, 4) is 16.9 Å². The van der Waals surface area contributed by atoms with Crippen molar-refractivity contribution in [1.82, 2.24) is 5.32 Å². The molecule has 3 rings (SSSR count). The smallest absolute Gasteiger partial charge is 0.407 e. The maximum atomic E-state index is 14.3. The van der Waals surface area contributed by atoms with Crippen LogP contribution in [0.5, 0.6) is 5.75 Å². The van der Waals surface area contributed by atoms with E-state index in [2.05, 4.69) is 5.32 Å². The average molecular weight is 532 g/mol. The zero-order valence-electron chi connectivity index (χ0n) is 21.3. The molecule has 198 valence electrons. The number of ether oxygens (including phenoxy) is 2. The summed E-state index contributed by atoms with van der Waals surface area (Å²) in [6.45, 7) is 5.77. The SMILES string of the molecule is COc1ccc(-c2c(F)cccc2F)cc1S(=O)(=O)Cc1cccc(CCCNC(=O)OC(C)(C)C)c1. The van der Waals surface area contributed by atoms with Crippen molar-refractivity contribution >= 4 is 15.9 Å². The van der Waals surface area contributed by atoms with Gasteiger partial charge in [0, 0.05) is 6.54 Å². The third kappa shape index (κ3) is 7.76. The van der Waals surface area contributed by atoms with Gasteiger partial charge < -0.3 is 14.8 Å². The molecule has 3 aromatic rings. The number of methoxy groups -OCH3 is 1. The number of carbonyl (C=O) groups excluding carboxylic acids is 1. The Morgan fingerprint density at radius 1 is 0.946 bits per heavy atom. The highest BCUT2D eigenvalue weighted by atomic mass is 32.2. The first-order valence-electron chi connectivity index (χ1n) is 11.8. The van der Waals surface area contributed by atoms with Gasteiger partial charge in [-0.2, -0.15) is 0 Å². The zero-order valence-corrected chi connectivity index (χ0v) is 22.1. The van der Waals surface area contributed by atoms with Crippen LogP contribution in [-0.4, -0.2) is 33.8 Å². The second-order valence-electron chi connectivity index (χ2n) is 9.57. The minimum Gasteiger partial charge on any atom is -0.495 e. The van der Waals surface area contributed by atoms with Crippen LogP contribution in [0.15, 0.2) is 65.6 Å². The molecule has 0 aliphatic heterocycles. The van der Waals surface area contributed by atoms with Crippen molar-refractivity contribution in [3.05, 3.63) is 83.4 Å². The first-order chi connectivity index (χ1) is 17.4. The molecule has 0 atom stereocenters. The van der Waals surface area contributed by atoms with E-state index in [0.29, 0.717) is 24.9 Å². The van der Waals surface area contributed by atoms with Crippen molar-refractivity contribution < 1.29 is 31.5 Å². The topological polar surface area (TPSA) is 81.7 Å². The number of alkyl carbamates (subject to hydrolysis) is 1. The zero-order chi connectivity index (χ0) is 27.2. The summed E-state index contributed by atoms with van der Waals surface area (Å²) < 4.78 is 65.8. The van der Waals surface area contributed by atoms with Gasteiger partial charge in [-0.05, 0) is 74.6 Å². The number of carbonyl (C=O) groups is 1. The number of rotatable bonds is 9. The fraction of sp³-hybridized carbons (Fsp3) is 0.321. The molecule has 0 spiro atoms. The lowest BCUT2D eigenvalue weighted by Crippen LogP contribution is -2.33. The van der Waals surface area contributed by atoms with Gasteiger partial charge in [0.1, 0.15) is 27.9 Å². The Bertz CT molecular complexity index is 1350. The van der Waals surface area contributed by atoms with Crippen LogP contribution in [0.3, 0.4) is 0 Å². The molecule has 0 radical (unpaired) electrons. The molecular formula is C28H31F2NO5S. The van der Waals surface area contributed by atoms with Crippen LogP contribution >= 0.6 is 0 Å². The molecule has 0 aliphatic carbocycles. The number of hydrogen-bond acceptors (Lipinski definition) is 5. The van der Waals surface area contributed by atoms with Gasteiger partial charge in [-0.3, -0.25) is 0 Å². The number of nitrogens with one attached hydrogen (secondary N) is 1. The molecule has 6 nitrogen and oxygen atoms in total. The molecule has 1 amide bonds. The summed E-state index contributed by atoms with van der Waals surface area (Å²) in [6, 6.07) is 14.7. The Labute approximate surface area is 216 Å². The maximum Gasteiger partial charge on any atom is 0.407 e. The minimum atomic E-state index is -3.93. The quantitative estimate of drug-likeness (QED) is 0.339. The van der Waals surface area contributed by atoms with Crippen LogP contribution in [-0.2, 0) is 26.7 Å². The van der Waals surface area contributed by atoms with E-state index in [1.807, 2.05) is 6.07 Å². The first-order valence-corrected chi connectivity index (χ1v) is 13.4. The molecule has 0 aliphatic rings. The van der Waals surface area contributed by atoms with Crippen LogP contribution in [0.4, 0.5) is 13.6 Å². The van der Waals surface area contributed by atoms with E-state index >= 15 is 0 Å². The predicted molar refractivity (Wildman–Crippen MR) is 138 cm³/mol. The number of benzene rings is 3. The molecule has 0 saturated heterocycles. The molecule has 0 unspecified atom stereocenters. The van der Waals surface area contributed by atoms with Crippen LogP contribution in [0.25, 0.3) is 11.1 Å². The van der Waals surface area contributed by atoms with Gasteiger partial charge >= 0.3 is 6.09 Å². The van der Waals surface area contributed by atoms with Gasteiger partial charge in [-0.25, -0.2) is 22.0 Å². The highest BCUT2D eigenvalue weighted by molar-refractivity contribution is 7.90. The molecule has 9 heteroatoms. The van der Waals surface area contributed by atoms with E-state index in [1.54, 1.807) is 39.0 Å². The van der Waals surface area contributed by atoms with E-state index in [9.17, 15) is 22.0 Å². The summed E-state index contributed by atoms with van der Waals surface area (Å²) in [4.78, 5) is 11.6. The van der Waals surface area contributed by atoms with E-state index in [0.717, 1.165) is 17.7 Å². The van der Waals surface area contributed by atoms with Crippen molar-refractivity contribution in [1.29, 1.82) is 0 Å². The number of aryl methyl sites for hydroxylation is 1. The second-order valence-corrected chi connectivity index (χ2v) is 11.5. The molecule has 0 saturated carbocycles. The lowest BCUT2D eigenvalue weighted by atomic mass is 10.0.